The van der Waals surface area contributed by atoms with Crippen LogP contribution >= 0.6 is 11.6 Å². The lowest BCUT2D eigenvalue weighted by Gasteiger charge is -2.16. The molecule has 2 aliphatic carbocycles. The molecule has 13 heteroatoms. The molecule has 0 heterocycles. The van der Waals surface area contributed by atoms with E-state index >= 15 is 0 Å². The van der Waals surface area contributed by atoms with Gasteiger partial charge in [-0.15, -0.1) is 0 Å². The number of amides is 1. The van der Waals surface area contributed by atoms with E-state index < -0.39 is 33.4 Å². The maximum Gasteiger partial charge on any atom is 0.490 e. The van der Waals surface area contributed by atoms with Gasteiger partial charge in [0.05, 0.1) is 15.3 Å². The van der Waals surface area contributed by atoms with E-state index in [1.165, 1.54) is 0 Å². The minimum atomic E-state index is -5.08. The van der Waals surface area contributed by atoms with Crippen LogP contribution in [0.4, 0.5) is 23.2 Å². The molecule has 2 aromatic rings. The monoisotopic (exact) mass is 522 g/mol. The molecule has 2 saturated carbocycles. The Morgan fingerprint density at radius 1 is 1.06 bits per heavy atom. The predicted octanol–water partition coefficient (Wildman–Crippen LogP) is 4.22. The van der Waals surface area contributed by atoms with E-state index in [0.717, 1.165) is 49.4 Å². The van der Waals surface area contributed by atoms with Gasteiger partial charge in [0.2, 0.25) is 5.91 Å². The van der Waals surface area contributed by atoms with Crippen molar-refractivity contribution in [3.05, 3.63) is 58.9 Å². The number of aliphatic carboxylic acids is 1. The molecule has 7 nitrogen and oxygen atoms in total. The number of halogens is 5. The summed E-state index contributed by atoms with van der Waals surface area (Å²) in [6, 6.07) is 10.3. The van der Waals surface area contributed by atoms with E-state index in [1.807, 2.05) is 0 Å². The maximum absolute atomic E-state index is 13.2. The van der Waals surface area contributed by atoms with E-state index in [9.17, 15) is 30.8 Å². The lowest BCUT2D eigenvalue weighted by molar-refractivity contribution is -0.192. The summed E-state index contributed by atoms with van der Waals surface area (Å²) in [5.41, 5.74) is 0.760. The number of carboxylic acid groups (broad SMARTS) is 1. The number of hydrogen-bond acceptors (Lipinski definition) is 4. The van der Waals surface area contributed by atoms with Gasteiger partial charge in [0.15, 0.2) is 0 Å². The molecule has 0 atom stereocenters. The van der Waals surface area contributed by atoms with Gasteiger partial charge in [-0.05, 0) is 61.6 Å². The Morgan fingerprint density at radius 3 is 2.06 bits per heavy atom. The fourth-order valence-corrected chi connectivity index (χ4v) is 4.37. The maximum atomic E-state index is 13.2. The summed E-state index contributed by atoms with van der Waals surface area (Å²) < 4.78 is 72.3. The molecule has 184 valence electrons. The Bertz CT molecular complexity index is 1190. The van der Waals surface area contributed by atoms with Crippen molar-refractivity contribution in [1.82, 2.24) is 5.32 Å². The zero-order valence-electron chi connectivity index (χ0n) is 17.3. The molecule has 2 fully saturated rings. The Labute approximate surface area is 197 Å². The van der Waals surface area contributed by atoms with Crippen LogP contribution in [0, 0.1) is 5.82 Å². The normalized spacial score (nSPS) is 16.6. The van der Waals surface area contributed by atoms with E-state index in [2.05, 4.69) is 10.0 Å². The molecule has 4 rings (SSSR count). The van der Waals surface area contributed by atoms with Crippen LogP contribution in [0.3, 0.4) is 0 Å². The average Bonchev–Trinajstić information content (AvgIpc) is 3.65. The van der Waals surface area contributed by atoms with Gasteiger partial charge in [0.1, 0.15) is 5.82 Å². The van der Waals surface area contributed by atoms with Crippen molar-refractivity contribution in [3.63, 3.8) is 0 Å². The Balaban J connectivity index is 0.000000406. The highest BCUT2D eigenvalue weighted by molar-refractivity contribution is 7.92. The number of sulfonamides is 1. The van der Waals surface area contributed by atoms with Crippen LogP contribution in [0.2, 0.25) is 5.02 Å². The molecule has 0 radical (unpaired) electrons. The van der Waals surface area contributed by atoms with Crippen LogP contribution in [0.15, 0.2) is 47.4 Å². The highest BCUT2D eigenvalue weighted by Crippen LogP contribution is 2.49. The third-order valence-electron chi connectivity index (χ3n) is 5.23. The summed E-state index contributed by atoms with van der Waals surface area (Å²) in [6.07, 6.45) is -1.42. The molecule has 0 aromatic heterocycles. The Hall–Kier alpha value is -2.86. The second-order valence-electron chi connectivity index (χ2n) is 7.89. The number of anilines is 1. The van der Waals surface area contributed by atoms with Crippen LogP contribution in [0.1, 0.15) is 31.2 Å². The van der Waals surface area contributed by atoms with Crippen LogP contribution in [0.5, 0.6) is 0 Å². The lowest BCUT2D eigenvalue weighted by Crippen LogP contribution is -2.36. The molecular formula is C21H19ClF4N2O5S. The van der Waals surface area contributed by atoms with Crippen molar-refractivity contribution in [2.45, 2.75) is 48.2 Å². The van der Waals surface area contributed by atoms with Crippen LogP contribution in [-0.2, 0) is 25.0 Å². The second-order valence-corrected chi connectivity index (χ2v) is 9.98. The van der Waals surface area contributed by atoms with Crippen molar-refractivity contribution >= 4 is 39.2 Å². The molecule has 2 aromatic carbocycles. The molecule has 2 aliphatic rings. The van der Waals surface area contributed by atoms with Crippen molar-refractivity contribution < 1.29 is 40.7 Å². The van der Waals surface area contributed by atoms with Crippen LogP contribution in [0.25, 0.3) is 0 Å². The van der Waals surface area contributed by atoms with Crippen molar-refractivity contribution in [2.24, 2.45) is 0 Å². The van der Waals surface area contributed by atoms with Gasteiger partial charge in [0, 0.05) is 11.7 Å². The van der Waals surface area contributed by atoms with Gasteiger partial charge < -0.3 is 10.4 Å². The summed E-state index contributed by atoms with van der Waals surface area (Å²) in [5.74, 6) is -3.38. The molecule has 34 heavy (non-hydrogen) atoms. The van der Waals surface area contributed by atoms with Gasteiger partial charge in [-0.25, -0.2) is 17.6 Å². The zero-order valence-corrected chi connectivity index (χ0v) is 18.9. The van der Waals surface area contributed by atoms with Gasteiger partial charge in [-0.3, -0.25) is 9.52 Å². The topological polar surface area (TPSA) is 113 Å². The van der Waals surface area contributed by atoms with Crippen LogP contribution in [-0.4, -0.2) is 37.6 Å². The number of carbonyl (C=O) groups excluding carboxylic acids is 1. The standard InChI is InChI=1S/C19H18ClFN2O3S.C2HF3O2/c20-16-11-15(7-8-17(16)21)27(25,26)23-14-3-1-12(2-4-14)19(9-10-19)18(24)22-13-5-6-13;3-2(4,5)1(6)7/h1-4,7-8,11,13,23H,5-6,9-10H2,(H,22,24);(H,6,7). The Kier molecular flexibility index (Phi) is 7.13. The SMILES string of the molecule is O=C(NC1CC1)C1(c2ccc(NS(=O)(=O)c3ccc(F)c(Cl)c3)cc2)CC1.O=C(O)C(F)(F)F. The number of nitrogens with one attached hydrogen (secondary N) is 2. The summed E-state index contributed by atoms with van der Waals surface area (Å²) in [7, 11) is -3.89. The fraction of sp³-hybridized carbons (Fsp3) is 0.333. The summed E-state index contributed by atoms with van der Waals surface area (Å²) in [4.78, 5) is 21.2. The second kappa shape index (κ2) is 9.41. The fourth-order valence-electron chi connectivity index (χ4n) is 3.04. The van der Waals surface area contributed by atoms with E-state index in [0.29, 0.717) is 11.7 Å². The van der Waals surface area contributed by atoms with E-state index in [-0.39, 0.29) is 15.8 Å². The van der Waals surface area contributed by atoms with Crippen molar-refractivity contribution in [2.75, 3.05) is 4.72 Å². The quantitative estimate of drug-likeness (QED) is 0.492. The summed E-state index contributed by atoms with van der Waals surface area (Å²) in [5, 5.41) is 9.91. The Morgan fingerprint density at radius 2 is 1.62 bits per heavy atom. The lowest BCUT2D eigenvalue weighted by atomic mass is 9.95. The van der Waals surface area contributed by atoms with Gasteiger partial charge >= 0.3 is 12.1 Å². The highest BCUT2D eigenvalue weighted by Gasteiger charge is 2.52. The van der Waals surface area contributed by atoms with Gasteiger partial charge in [-0.1, -0.05) is 23.7 Å². The number of rotatable bonds is 6. The third-order valence-corrected chi connectivity index (χ3v) is 6.90. The van der Waals surface area contributed by atoms with Crippen LogP contribution < -0.4 is 10.0 Å². The molecule has 1 amide bonds. The summed E-state index contributed by atoms with van der Waals surface area (Å²) >= 11 is 5.67. The molecule has 0 saturated heterocycles. The van der Waals surface area contributed by atoms with E-state index in [4.69, 9.17) is 21.5 Å². The summed E-state index contributed by atoms with van der Waals surface area (Å²) in [6.45, 7) is 0. The molecule has 0 aliphatic heterocycles. The highest BCUT2D eigenvalue weighted by atomic mass is 35.5. The molecule has 0 spiro atoms. The molecular weight excluding hydrogens is 504 g/mol. The van der Waals surface area contributed by atoms with E-state index in [1.54, 1.807) is 24.3 Å². The first-order valence-electron chi connectivity index (χ1n) is 9.94. The minimum Gasteiger partial charge on any atom is -0.475 e. The largest absolute Gasteiger partial charge is 0.490 e. The molecule has 3 N–H and O–H groups in total. The van der Waals surface area contributed by atoms with Gasteiger partial charge in [0.25, 0.3) is 10.0 Å². The molecule has 0 unspecified atom stereocenters. The van der Waals surface area contributed by atoms with Crippen molar-refractivity contribution in [1.29, 1.82) is 0 Å². The number of carbonyl (C=O) groups is 2. The zero-order chi connectivity index (χ0) is 25.3. The first kappa shape index (κ1) is 25.8. The van der Waals surface area contributed by atoms with Gasteiger partial charge in [-0.2, -0.15) is 13.2 Å². The number of carboxylic acids is 1. The smallest absolute Gasteiger partial charge is 0.475 e. The number of benzene rings is 2. The molecule has 0 bridgehead atoms. The average molecular weight is 523 g/mol. The minimum absolute atomic E-state index is 0.0549. The first-order valence-corrected chi connectivity index (χ1v) is 11.8. The van der Waals surface area contributed by atoms with Crippen molar-refractivity contribution in [3.8, 4) is 0 Å². The predicted molar refractivity (Wildman–Crippen MR) is 114 cm³/mol. The number of alkyl halides is 3. The first-order chi connectivity index (χ1) is 15.7. The third kappa shape index (κ3) is 6.17. The number of hydrogen-bond donors (Lipinski definition) is 3.